The van der Waals surface area contributed by atoms with Crippen molar-refractivity contribution >= 4 is 22.7 Å². The predicted molar refractivity (Wildman–Crippen MR) is 127 cm³/mol. The largest absolute Gasteiger partial charge is 0.340 e. The molecule has 186 valence electrons. The Morgan fingerprint density at radius 2 is 1.66 bits per heavy atom. The van der Waals surface area contributed by atoms with E-state index in [1.54, 1.807) is 35.0 Å². The summed E-state index contributed by atoms with van der Waals surface area (Å²) in [5, 5.41) is 10.5. The number of piperidine rings is 1. The van der Waals surface area contributed by atoms with Crippen molar-refractivity contribution in [2.75, 3.05) is 39.3 Å². The zero-order valence-corrected chi connectivity index (χ0v) is 19.8. The van der Waals surface area contributed by atoms with Crippen LogP contribution in [0.1, 0.15) is 54.9 Å². The fourth-order valence-electron chi connectivity index (χ4n) is 5.73. The predicted octanol–water partition coefficient (Wildman–Crippen LogP) is 3.66. The highest BCUT2D eigenvalue weighted by Crippen LogP contribution is 2.30. The van der Waals surface area contributed by atoms with Crippen molar-refractivity contribution < 1.29 is 18.4 Å². The van der Waals surface area contributed by atoms with Crippen molar-refractivity contribution in [3.8, 4) is 6.07 Å². The lowest BCUT2D eigenvalue weighted by Crippen LogP contribution is -2.51. The Kier molecular flexibility index (Phi) is 6.49. The molecule has 2 saturated heterocycles. The van der Waals surface area contributed by atoms with E-state index in [4.69, 9.17) is 0 Å². The molecule has 9 heteroatoms. The molecule has 1 aromatic heterocycles. The highest BCUT2D eigenvalue weighted by atomic mass is 19.3. The molecular weight excluding hydrogens is 452 g/mol. The minimum atomic E-state index is -2.76. The van der Waals surface area contributed by atoms with E-state index in [1.807, 2.05) is 11.0 Å². The minimum Gasteiger partial charge on any atom is -0.340 e. The maximum absolute atomic E-state index is 13.5. The first-order chi connectivity index (χ1) is 16.9. The topological polar surface area (TPSA) is 72.6 Å². The summed E-state index contributed by atoms with van der Waals surface area (Å²) in [5.74, 6) is -3.24. The highest BCUT2D eigenvalue weighted by molar-refractivity contribution is 5.98. The number of hydrogen-bond donors (Lipinski definition) is 0. The van der Waals surface area contributed by atoms with Crippen molar-refractivity contribution in [2.24, 2.45) is 0 Å². The van der Waals surface area contributed by atoms with Crippen LogP contribution in [0.3, 0.4) is 0 Å². The molecule has 2 amide bonds. The summed E-state index contributed by atoms with van der Waals surface area (Å²) in [6.45, 7) is 3.13. The van der Waals surface area contributed by atoms with Gasteiger partial charge in [-0.3, -0.25) is 14.5 Å². The second-order valence-corrected chi connectivity index (χ2v) is 9.98. The SMILES string of the molecule is N#CC(C(=O)N1CCC(F)(F)CC1)n1ccc2cc(C(=O)N3CCN(C4CCCC4)CC3)ccc21. The molecule has 3 heterocycles. The van der Waals surface area contributed by atoms with Crippen molar-refractivity contribution in [3.05, 3.63) is 36.0 Å². The quantitative estimate of drug-likeness (QED) is 0.665. The molecule has 0 radical (unpaired) electrons. The monoisotopic (exact) mass is 483 g/mol. The van der Waals surface area contributed by atoms with Gasteiger partial charge in [0.25, 0.3) is 17.7 Å². The van der Waals surface area contributed by atoms with Gasteiger partial charge < -0.3 is 14.4 Å². The molecule has 5 rings (SSSR count). The standard InChI is InChI=1S/C26H31F2N5O2/c27-26(28)8-11-31(12-9-26)25(35)23(18-29)33-10-7-19-17-20(5-6-22(19)33)24(34)32-15-13-30(14-16-32)21-3-1-2-4-21/h5-7,10,17,21,23H,1-4,8-9,11-16H2. The molecule has 7 nitrogen and oxygen atoms in total. The van der Waals surface area contributed by atoms with Gasteiger partial charge >= 0.3 is 0 Å². The zero-order chi connectivity index (χ0) is 24.6. The summed E-state index contributed by atoms with van der Waals surface area (Å²) in [7, 11) is 0. The smallest absolute Gasteiger partial charge is 0.260 e. The first-order valence-corrected chi connectivity index (χ1v) is 12.6. The molecule has 0 N–H and O–H groups in total. The summed E-state index contributed by atoms with van der Waals surface area (Å²) in [5.41, 5.74) is 1.25. The summed E-state index contributed by atoms with van der Waals surface area (Å²) in [6.07, 6.45) is 6.01. The molecule has 3 fully saturated rings. The number of carbonyl (C=O) groups excluding carboxylic acids is 2. The Labute approximate surface area is 203 Å². The third kappa shape index (κ3) is 4.76. The number of aromatic nitrogens is 1. The Balaban J connectivity index is 1.27. The van der Waals surface area contributed by atoms with Gasteiger partial charge in [0, 0.05) is 80.8 Å². The van der Waals surface area contributed by atoms with E-state index < -0.39 is 17.9 Å². The summed E-state index contributed by atoms with van der Waals surface area (Å²) < 4.78 is 28.6. The number of rotatable bonds is 4. The van der Waals surface area contributed by atoms with Gasteiger partial charge in [0.05, 0.1) is 6.07 Å². The van der Waals surface area contributed by atoms with E-state index in [9.17, 15) is 23.6 Å². The van der Waals surface area contributed by atoms with Crippen LogP contribution in [0.15, 0.2) is 30.5 Å². The number of amides is 2. The van der Waals surface area contributed by atoms with E-state index >= 15 is 0 Å². The van der Waals surface area contributed by atoms with E-state index in [2.05, 4.69) is 4.90 Å². The Morgan fingerprint density at radius 3 is 2.31 bits per heavy atom. The van der Waals surface area contributed by atoms with E-state index in [0.29, 0.717) is 30.2 Å². The minimum absolute atomic E-state index is 0.00660. The highest BCUT2D eigenvalue weighted by Gasteiger charge is 2.38. The van der Waals surface area contributed by atoms with Crippen LogP contribution in [0, 0.1) is 11.3 Å². The number of nitriles is 1. The number of hydrogen-bond acceptors (Lipinski definition) is 4. The maximum atomic E-state index is 13.5. The fourth-order valence-corrected chi connectivity index (χ4v) is 5.73. The molecule has 0 bridgehead atoms. The molecule has 1 atom stereocenters. The molecule has 35 heavy (non-hydrogen) atoms. The first-order valence-electron chi connectivity index (χ1n) is 12.6. The van der Waals surface area contributed by atoms with Gasteiger partial charge in [-0.15, -0.1) is 0 Å². The zero-order valence-electron chi connectivity index (χ0n) is 19.8. The molecular formula is C26H31F2N5O2. The van der Waals surface area contributed by atoms with Crippen LogP contribution in [0.2, 0.25) is 0 Å². The van der Waals surface area contributed by atoms with E-state index in [-0.39, 0.29) is 31.8 Å². The summed E-state index contributed by atoms with van der Waals surface area (Å²) >= 11 is 0. The molecule has 1 saturated carbocycles. The Bertz CT molecular complexity index is 1130. The second kappa shape index (κ2) is 9.57. The van der Waals surface area contributed by atoms with Crippen LogP contribution >= 0.6 is 0 Å². The second-order valence-electron chi connectivity index (χ2n) is 9.98. The fraction of sp³-hybridized carbons (Fsp3) is 0.577. The van der Waals surface area contributed by atoms with Crippen LogP contribution < -0.4 is 0 Å². The van der Waals surface area contributed by atoms with Gasteiger partial charge in [-0.25, -0.2) is 8.78 Å². The van der Waals surface area contributed by atoms with Crippen molar-refractivity contribution in [3.63, 3.8) is 0 Å². The van der Waals surface area contributed by atoms with E-state index in [0.717, 1.165) is 18.5 Å². The van der Waals surface area contributed by atoms with Crippen LogP contribution in [-0.4, -0.2) is 82.3 Å². The molecule has 3 aliphatic rings. The van der Waals surface area contributed by atoms with Gasteiger partial charge in [-0.05, 0) is 37.1 Å². The molecule has 2 aromatic rings. The van der Waals surface area contributed by atoms with Crippen LogP contribution in [-0.2, 0) is 4.79 Å². The summed E-state index contributed by atoms with van der Waals surface area (Å²) in [4.78, 5) is 31.9. The first kappa shape index (κ1) is 23.7. The van der Waals surface area contributed by atoms with Gasteiger partial charge in [0.1, 0.15) is 0 Å². The number of carbonyl (C=O) groups is 2. The lowest BCUT2D eigenvalue weighted by atomic mass is 10.1. The molecule has 1 aliphatic carbocycles. The average Bonchev–Trinajstić information content (AvgIpc) is 3.55. The normalized spacial score (nSPS) is 22.3. The van der Waals surface area contributed by atoms with Crippen LogP contribution in [0.5, 0.6) is 0 Å². The van der Waals surface area contributed by atoms with Crippen LogP contribution in [0.4, 0.5) is 8.78 Å². The molecule has 1 aromatic carbocycles. The van der Waals surface area contributed by atoms with Crippen molar-refractivity contribution in [1.29, 1.82) is 5.26 Å². The van der Waals surface area contributed by atoms with Crippen molar-refractivity contribution in [1.82, 2.24) is 19.3 Å². The maximum Gasteiger partial charge on any atom is 0.260 e. The number of nitrogens with zero attached hydrogens (tertiary/aromatic N) is 5. The average molecular weight is 484 g/mol. The lowest BCUT2D eigenvalue weighted by molar-refractivity contribution is -0.139. The van der Waals surface area contributed by atoms with Gasteiger partial charge in [0.2, 0.25) is 0 Å². The number of fused-ring (bicyclic) bond motifs is 1. The Morgan fingerprint density at radius 1 is 0.971 bits per heavy atom. The number of piperazine rings is 1. The van der Waals surface area contributed by atoms with Crippen LogP contribution in [0.25, 0.3) is 10.9 Å². The van der Waals surface area contributed by atoms with E-state index in [1.165, 1.54) is 30.6 Å². The molecule has 0 spiro atoms. The third-order valence-electron chi connectivity index (χ3n) is 7.85. The third-order valence-corrected chi connectivity index (χ3v) is 7.85. The number of benzene rings is 1. The Hall–Kier alpha value is -2.99. The van der Waals surface area contributed by atoms with Crippen molar-refractivity contribution in [2.45, 2.75) is 56.5 Å². The molecule has 1 unspecified atom stereocenters. The lowest BCUT2D eigenvalue weighted by Gasteiger charge is -2.38. The number of halogens is 2. The summed E-state index contributed by atoms with van der Waals surface area (Å²) in [6, 6.07) is 8.66. The van der Waals surface area contributed by atoms with Gasteiger partial charge in [-0.2, -0.15) is 5.26 Å². The molecule has 2 aliphatic heterocycles. The van der Waals surface area contributed by atoms with Gasteiger partial charge in [-0.1, -0.05) is 12.8 Å². The number of alkyl halides is 2. The number of likely N-dealkylation sites (tertiary alicyclic amines) is 1. The van der Waals surface area contributed by atoms with Gasteiger partial charge in [0.15, 0.2) is 6.04 Å².